The number of amides is 1. The number of carbonyl (C=O) groups is 1. The first-order valence-electron chi connectivity index (χ1n) is 10.8. The number of rotatable bonds is 8. The molecule has 3 heterocycles. The molecule has 8 heteroatoms. The summed E-state index contributed by atoms with van der Waals surface area (Å²) in [6, 6.07) is 16.2. The molecule has 0 fully saturated rings. The summed E-state index contributed by atoms with van der Waals surface area (Å²) < 4.78 is 7.58. The van der Waals surface area contributed by atoms with Gasteiger partial charge < -0.3 is 9.73 Å². The van der Waals surface area contributed by atoms with Crippen LogP contribution in [0.25, 0.3) is 11.4 Å². The van der Waals surface area contributed by atoms with Crippen LogP contribution in [0.2, 0.25) is 0 Å². The van der Waals surface area contributed by atoms with Crippen molar-refractivity contribution in [1.29, 1.82) is 0 Å². The molecule has 0 bridgehead atoms. The number of thioether (sulfide) groups is 1. The summed E-state index contributed by atoms with van der Waals surface area (Å²) in [5.74, 6) is 1.78. The molecule has 0 aliphatic rings. The third kappa shape index (κ3) is 5.75. The zero-order chi connectivity index (χ0) is 23.4. The Morgan fingerprint density at radius 1 is 1.15 bits per heavy atom. The highest BCUT2D eigenvalue weighted by Crippen LogP contribution is 2.28. The Kier molecular flexibility index (Phi) is 7.05. The van der Waals surface area contributed by atoms with Gasteiger partial charge in [0.2, 0.25) is 5.91 Å². The fraction of sp³-hybridized carbons (Fsp3) is 0.320. The second-order valence-electron chi connectivity index (χ2n) is 8.89. The van der Waals surface area contributed by atoms with Gasteiger partial charge in [0.25, 0.3) is 0 Å². The van der Waals surface area contributed by atoms with E-state index in [4.69, 9.17) is 4.42 Å². The molecule has 1 amide bonds. The molecule has 0 radical (unpaired) electrons. The molecule has 0 saturated carbocycles. The number of thiophene rings is 1. The first-order chi connectivity index (χ1) is 15.8. The quantitative estimate of drug-likeness (QED) is 0.317. The van der Waals surface area contributed by atoms with Gasteiger partial charge in [0.1, 0.15) is 5.76 Å². The topological polar surface area (TPSA) is 73.0 Å². The Labute approximate surface area is 202 Å². The number of carbonyl (C=O) groups excluding carboxylic acids is 1. The fourth-order valence-electron chi connectivity index (χ4n) is 3.45. The highest BCUT2D eigenvalue weighted by molar-refractivity contribution is 7.99. The predicted molar refractivity (Wildman–Crippen MR) is 134 cm³/mol. The van der Waals surface area contributed by atoms with E-state index in [1.807, 2.05) is 41.1 Å². The SMILES string of the molecule is CC(NC(=O)CSc1nnc(-c2ccc(C(C)(C)C)cc2)n1Cc1ccco1)c1cccs1. The minimum atomic E-state index is -0.0375. The molecular weight excluding hydrogens is 452 g/mol. The van der Waals surface area contributed by atoms with Crippen LogP contribution in [-0.2, 0) is 16.8 Å². The van der Waals surface area contributed by atoms with Crippen molar-refractivity contribution in [2.45, 2.75) is 50.9 Å². The van der Waals surface area contributed by atoms with Gasteiger partial charge in [-0.2, -0.15) is 0 Å². The first-order valence-corrected chi connectivity index (χ1v) is 12.7. The number of nitrogens with zero attached hydrogens (tertiary/aromatic N) is 3. The Morgan fingerprint density at radius 3 is 2.58 bits per heavy atom. The van der Waals surface area contributed by atoms with E-state index in [1.165, 1.54) is 17.3 Å². The van der Waals surface area contributed by atoms with E-state index < -0.39 is 0 Å². The minimum Gasteiger partial charge on any atom is -0.467 e. The molecule has 1 aromatic carbocycles. The largest absolute Gasteiger partial charge is 0.467 e. The maximum absolute atomic E-state index is 12.6. The maximum atomic E-state index is 12.6. The number of hydrogen-bond acceptors (Lipinski definition) is 6. The molecule has 0 spiro atoms. The molecule has 1 unspecified atom stereocenters. The normalized spacial score (nSPS) is 12.6. The van der Waals surface area contributed by atoms with Crippen molar-refractivity contribution < 1.29 is 9.21 Å². The Bertz CT molecular complexity index is 1170. The van der Waals surface area contributed by atoms with Crippen LogP contribution in [0.15, 0.2) is 69.7 Å². The van der Waals surface area contributed by atoms with E-state index >= 15 is 0 Å². The van der Waals surface area contributed by atoms with Gasteiger partial charge >= 0.3 is 0 Å². The lowest BCUT2D eigenvalue weighted by molar-refractivity contribution is -0.119. The predicted octanol–water partition coefficient (Wildman–Crippen LogP) is 5.91. The van der Waals surface area contributed by atoms with E-state index in [9.17, 15) is 4.79 Å². The maximum Gasteiger partial charge on any atom is 0.230 e. The number of furan rings is 1. The minimum absolute atomic E-state index is 0.0176. The Hall–Kier alpha value is -2.84. The third-order valence-electron chi connectivity index (χ3n) is 5.30. The van der Waals surface area contributed by atoms with Crippen LogP contribution < -0.4 is 5.32 Å². The molecule has 4 rings (SSSR count). The van der Waals surface area contributed by atoms with E-state index in [1.54, 1.807) is 17.6 Å². The lowest BCUT2D eigenvalue weighted by Gasteiger charge is -2.19. The van der Waals surface area contributed by atoms with E-state index in [0.29, 0.717) is 11.7 Å². The van der Waals surface area contributed by atoms with Crippen LogP contribution in [0, 0.1) is 0 Å². The Balaban J connectivity index is 1.53. The van der Waals surface area contributed by atoms with Gasteiger partial charge in [-0.1, -0.05) is 62.9 Å². The van der Waals surface area contributed by atoms with Crippen molar-refractivity contribution in [1.82, 2.24) is 20.1 Å². The van der Waals surface area contributed by atoms with Gasteiger partial charge in [0.15, 0.2) is 11.0 Å². The van der Waals surface area contributed by atoms with Crippen LogP contribution in [0.4, 0.5) is 0 Å². The Morgan fingerprint density at radius 2 is 1.94 bits per heavy atom. The molecular formula is C25H28N4O2S2. The highest BCUT2D eigenvalue weighted by Gasteiger charge is 2.19. The van der Waals surface area contributed by atoms with E-state index in [2.05, 4.69) is 60.6 Å². The molecule has 33 heavy (non-hydrogen) atoms. The smallest absolute Gasteiger partial charge is 0.230 e. The number of aromatic nitrogens is 3. The third-order valence-corrected chi connectivity index (χ3v) is 7.32. The van der Waals surface area contributed by atoms with Crippen LogP contribution in [0.1, 0.15) is 49.9 Å². The molecule has 0 aliphatic heterocycles. The fourth-order valence-corrected chi connectivity index (χ4v) is 4.93. The molecule has 1 atom stereocenters. The van der Waals surface area contributed by atoms with Gasteiger partial charge in [-0.15, -0.1) is 21.5 Å². The van der Waals surface area contributed by atoms with Crippen LogP contribution in [0.5, 0.6) is 0 Å². The van der Waals surface area contributed by atoms with Crippen molar-refractivity contribution >= 4 is 29.0 Å². The van der Waals surface area contributed by atoms with Crippen molar-refractivity contribution in [2.75, 3.05) is 5.75 Å². The summed E-state index contributed by atoms with van der Waals surface area (Å²) >= 11 is 3.02. The second kappa shape index (κ2) is 9.97. The molecule has 0 saturated heterocycles. The average Bonchev–Trinajstić information content (AvgIpc) is 3.55. The molecule has 1 N–H and O–H groups in total. The summed E-state index contributed by atoms with van der Waals surface area (Å²) in [6.45, 7) is 9.07. The zero-order valence-electron chi connectivity index (χ0n) is 19.2. The highest BCUT2D eigenvalue weighted by atomic mass is 32.2. The average molecular weight is 481 g/mol. The summed E-state index contributed by atoms with van der Waals surface area (Å²) in [5.41, 5.74) is 2.31. The summed E-state index contributed by atoms with van der Waals surface area (Å²) in [7, 11) is 0. The molecule has 3 aromatic heterocycles. The second-order valence-corrected chi connectivity index (χ2v) is 10.8. The first kappa shape index (κ1) is 23.3. The van der Waals surface area contributed by atoms with E-state index in [0.717, 1.165) is 22.0 Å². The van der Waals surface area contributed by atoms with Crippen molar-refractivity contribution in [3.05, 3.63) is 76.4 Å². The van der Waals surface area contributed by atoms with Crippen LogP contribution in [0.3, 0.4) is 0 Å². The van der Waals surface area contributed by atoms with Gasteiger partial charge in [0, 0.05) is 10.4 Å². The standard InChI is InChI=1S/C25H28N4O2S2/c1-17(21-8-6-14-32-21)26-22(30)16-33-24-28-27-23(29(24)15-20-7-5-13-31-20)18-9-11-19(12-10-18)25(2,3)4/h5-14,17H,15-16H2,1-4H3,(H,26,30). The van der Waals surface area contributed by atoms with Gasteiger partial charge in [0.05, 0.1) is 24.6 Å². The number of benzene rings is 1. The molecule has 172 valence electrons. The number of hydrogen-bond donors (Lipinski definition) is 1. The van der Waals surface area contributed by atoms with Gasteiger partial charge in [-0.25, -0.2) is 0 Å². The summed E-state index contributed by atoms with van der Waals surface area (Å²) in [6.07, 6.45) is 1.66. The van der Waals surface area contributed by atoms with Crippen molar-refractivity contribution in [3.8, 4) is 11.4 Å². The van der Waals surface area contributed by atoms with Crippen molar-refractivity contribution in [2.24, 2.45) is 0 Å². The summed E-state index contributed by atoms with van der Waals surface area (Å²) in [4.78, 5) is 13.7. The van der Waals surface area contributed by atoms with E-state index in [-0.39, 0.29) is 23.1 Å². The molecule has 4 aromatic rings. The monoisotopic (exact) mass is 480 g/mol. The van der Waals surface area contributed by atoms with Gasteiger partial charge in [-0.3, -0.25) is 9.36 Å². The lowest BCUT2D eigenvalue weighted by atomic mass is 9.87. The zero-order valence-corrected chi connectivity index (χ0v) is 20.9. The molecule has 6 nitrogen and oxygen atoms in total. The van der Waals surface area contributed by atoms with Crippen LogP contribution >= 0.6 is 23.1 Å². The number of nitrogens with one attached hydrogen (secondary N) is 1. The van der Waals surface area contributed by atoms with Crippen molar-refractivity contribution in [3.63, 3.8) is 0 Å². The van der Waals surface area contributed by atoms with Gasteiger partial charge in [-0.05, 0) is 41.5 Å². The summed E-state index contributed by atoms with van der Waals surface area (Å²) in [5, 5.41) is 14.6. The lowest BCUT2D eigenvalue weighted by Crippen LogP contribution is -2.27. The van der Waals surface area contributed by atoms with Crippen LogP contribution in [-0.4, -0.2) is 26.4 Å². The molecule has 0 aliphatic carbocycles.